The van der Waals surface area contributed by atoms with E-state index < -0.39 is 0 Å². The molecule has 1 fully saturated rings. The summed E-state index contributed by atoms with van der Waals surface area (Å²) in [6.07, 6.45) is 4.32. The summed E-state index contributed by atoms with van der Waals surface area (Å²) in [6, 6.07) is 0. The van der Waals surface area contributed by atoms with E-state index in [-0.39, 0.29) is 5.56 Å². The van der Waals surface area contributed by atoms with Crippen LogP contribution >= 0.6 is 0 Å². The van der Waals surface area contributed by atoms with E-state index in [0.717, 1.165) is 26.2 Å². The molecule has 5 heteroatoms. The first kappa shape index (κ1) is 10.2. The molecule has 2 heterocycles. The predicted octanol–water partition coefficient (Wildman–Crippen LogP) is 0.229. The summed E-state index contributed by atoms with van der Waals surface area (Å²) in [5, 5.41) is 3.07. The Balaban J connectivity index is 1.98. The summed E-state index contributed by atoms with van der Waals surface area (Å²) >= 11 is 0. The Morgan fingerprint density at radius 2 is 2.60 bits per heavy atom. The monoisotopic (exact) mass is 209 g/mol. The van der Waals surface area contributed by atoms with E-state index in [1.165, 1.54) is 4.57 Å². The lowest BCUT2D eigenvalue weighted by atomic mass is 10.1. The van der Waals surface area contributed by atoms with Crippen LogP contribution in [0.25, 0.3) is 0 Å². The Bertz CT molecular complexity index is 382. The largest absolute Gasteiger partial charge is 0.381 e. The number of aryl methyl sites for hydroxylation is 1. The maximum atomic E-state index is 11.6. The number of hydrogen-bond acceptors (Lipinski definition) is 4. The zero-order valence-corrected chi connectivity index (χ0v) is 8.77. The minimum absolute atomic E-state index is 0.0867. The fourth-order valence-electron chi connectivity index (χ4n) is 1.60. The standard InChI is InChI=1S/C10H15N3O2/c1-13-4-3-11-9(10(13)14)12-6-8-2-5-15-7-8/h3-4,8H,2,5-7H2,1H3,(H,11,12). The molecule has 1 aromatic rings. The Hall–Kier alpha value is -1.36. The SMILES string of the molecule is Cn1ccnc(NCC2CCOC2)c1=O. The highest BCUT2D eigenvalue weighted by Gasteiger charge is 2.15. The molecule has 1 unspecified atom stereocenters. The first-order valence-corrected chi connectivity index (χ1v) is 5.10. The van der Waals surface area contributed by atoms with Crippen molar-refractivity contribution < 1.29 is 4.74 Å². The van der Waals surface area contributed by atoms with Gasteiger partial charge in [0.1, 0.15) is 0 Å². The number of hydrogen-bond donors (Lipinski definition) is 1. The van der Waals surface area contributed by atoms with Crippen molar-refractivity contribution in [3.05, 3.63) is 22.7 Å². The number of anilines is 1. The van der Waals surface area contributed by atoms with E-state index in [4.69, 9.17) is 4.74 Å². The molecule has 82 valence electrons. The van der Waals surface area contributed by atoms with Gasteiger partial charge in [-0.15, -0.1) is 0 Å². The van der Waals surface area contributed by atoms with Crippen molar-refractivity contribution in [2.75, 3.05) is 25.1 Å². The van der Waals surface area contributed by atoms with Crippen LogP contribution in [0.3, 0.4) is 0 Å². The fourth-order valence-corrected chi connectivity index (χ4v) is 1.60. The molecular formula is C10H15N3O2. The number of nitrogens with zero attached hydrogens (tertiary/aromatic N) is 2. The Morgan fingerprint density at radius 1 is 1.73 bits per heavy atom. The molecule has 1 aliphatic heterocycles. The zero-order valence-electron chi connectivity index (χ0n) is 8.77. The maximum absolute atomic E-state index is 11.6. The van der Waals surface area contributed by atoms with Crippen LogP contribution < -0.4 is 10.9 Å². The predicted molar refractivity (Wildman–Crippen MR) is 56.9 cm³/mol. The number of rotatable bonds is 3. The quantitative estimate of drug-likeness (QED) is 0.774. The first-order valence-electron chi connectivity index (χ1n) is 5.10. The maximum Gasteiger partial charge on any atom is 0.293 e. The third-order valence-corrected chi connectivity index (χ3v) is 2.60. The van der Waals surface area contributed by atoms with Gasteiger partial charge in [0, 0.05) is 38.5 Å². The van der Waals surface area contributed by atoms with Crippen LogP contribution in [0.4, 0.5) is 5.82 Å². The van der Waals surface area contributed by atoms with Crippen molar-refractivity contribution in [2.45, 2.75) is 6.42 Å². The molecule has 1 aliphatic rings. The summed E-state index contributed by atoms with van der Waals surface area (Å²) in [6.45, 7) is 2.36. The fraction of sp³-hybridized carbons (Fsp3) is 0.600. The summed E-state index contributed by atoms with van der Waals surface area (Å²) in [5.74, 6) is 0.920. The number of nitrogens with one attached hydrogen (secondary N) is 1. The van der Waals surface area contributed by atoms with Gasteiger partial charge in [-0.2, -0.15) is 0 Å². The third kappa shape index (κ3) is 2.36. The number of aromatic nitrogens is 2. The molecule has 0 aliphatic carbocycles. The molecule has 0 amide bonds. The molecule has 0 bridgehead atoms. The lowest BCUT2D eigenvalue weighted by Crippen LogP contribution is -2.24. The summed E-state index contributed by atoms with van der Waals surface area (Å²) in [4.78, 5) is 15.6. The molecule has 2 rings (SSSR count). The molecule has 1 N–H and O–H groups in total. The van der Waals surface area contributed by atoms with Gasteiger partial charge in [-0.25, -0.2) is 4.98 Å². The van der Waals surface area contributed by atoms with E-state index in [2.05, 4.69) is 10.3 Å². The van der Waals surface area contributed by atoms with Crippen molar-refractivity contribution in [3.63, 3.8) is 0 Å². The minimum Gasteiger partial charge on any atom is -0.381 e. The van der Waals surface area contributed by atoms with Crippen LogP contribution in [0.2, 0.25) is 0 Å². The van der Waals surface area contributed by atoms with Gasteiger partial charge >= 0.3 is 0 Å². The highest BCUT2D eigenvalue weighted by Crippen LogP contribution is 2.11. The Kier molecular flexibility index (Phi) is 3.01. The molecule has 1 aromatic heterocycles. The van der Waals surface area contributed by atoms with Crippen LogP contribution in [0.15, 0.2) is 17.2 Å². The molecule has 1 saturated heterocycles. The van der Waals surface area contributed by atoms with Gasteiger partial charge in [0.2, 0.25) is 0 Å². The molecular weight excluding hydrogens is 194 g/mol. The molecule has 15 heavy (non-hydrogen) atoms. The second kappa shape index (κ2) is 4.44. The second-order valence-corrected chi connectivity index (χ2v) is 3.80. The van der Waals surface area contributed by atoms with Crippen LogP contribution in [0.5, 0.6) is 0 Å². The zero-order chi connectivity index (χ0) is 10.7. The minimum atomic E-state index is -0.0867. The van der Waals surface area contributed by atoms with Gasteiger partial charge < -0.3 is 14.6 Å². The van der Waals surface area contributed by atoms with Gasteiger partial charge in [0.25, 0.3) is 5.56 Å². The van der Waals surface area contributed by atoms with Crippen LogP contribution in [-0.4, -0.2) is 29.3 Å². The average molecular weight is 209 g/mol. The normalized spacial score (nSPS) is 20.5. The summed E-state index contributed by atoms with van der Waals surface area (Å²) < 4.78 is 6.77. The molecule has 1 atom stereocenters. The van der Waals surface area contributed by atoms with E-state index in [0.29, 0.717) is 11.7 Å². The van der Waals surface area contributed by atoms with Crippen molar-refractivity contribution >= 4 is 5.82 Å². The molecule has 0 aromatic carbocycles. The molecule has 0 spiro atoms. The van der Waals surface area contributed by atoms with E-state index in [9.17, 15) is 4.79 Å². The van der Waals surface area contributed by atoms with Gasteiger partial charge in [0.15, 0.2) is 5.82 Å². The highest BCUT2D eigenvalue weighted by atomic mass is 16.5. The highest BCUT2D eigenvalue weighted by molar-refractivity contribution is 5.30. The summed E-state index contributed by atoms with van der Waals surface area (Å²) in [7, 11) is 1.72. The smallest absolute Gasteiger partial charge is 0.293 e. The summed E-state index contributed by atoms with van der Waals surface area (Å²) in [5.41, 5.74) is -0.0867. The van der Waals surface area contributed by atoms with Crippen molar-refractivity contribution in [2.24, 2.45) is 13.0 Å². The van der Waals surface area contributed by atoms with Crippen LogP contribution in [0, 0.1) is 5.92 Å². The third-order valence-electron chi connectivity index (χ3n) is 2.60. The molecule has 5 nitrogen and oxygen atoms in total. The lowest BCUT2D eigenvalue weighted by Gasteiger charge is -2.09. The number of ether oxygens (including phenoxy) is 1. The van der Waals surface area contributed by atoms with Gasteiger partial charge in [0.05, 0.1) is 6.61 Å². The molecule has 0 radical (unpaired) electrons. The van der Waals surface area contributed by atoms with Gasteiger partial charge in [-0.1, -0.05) is 0 Å². The van der Waals surface area contributed by atoms with E-state index in [1.54, 1.807) is 19.4 Å². The van der Waals surface area contributed by atoms with E-state index >= 15 is 0 Å². The topological polar surface area (TPSA) is 56.1 Å². The van der Waals surface area contributed by atoms with Crippen molar-refractivity contribution in [1.29, 1.82) is 0 Å². The van der Waals surface area contributed by atoms with Crippen molar-refractivity contribution in [3.8, 4) is 0 Å². The first-order chi connectivity index (χ1) is 7.27. The lowest BCUT2D eigenvalue weighted by molar-refractivity contribution is 0.187. The van der Waals surface area contributed by atoms with Gasteiger partial charge in [-0.3, -0.25) is 4.79 Å². The van der Waals surface area contributed by atoms with E-state index in [1.807, 2.05) is 0 Å². The molecule has 0 saturated carbocycles. The average Bonchev–Trinajstić information content (AvgIpc) is 2.73. The van der Waals surface area contributed by atoms with Crippen molar-refractivity contribution in [1.82, 2.24) is 9.55 Å². The van der Waals surface area contributed by atoms with Crippen LogP contribution in [0.1, 0.15) is 6.42 Å². The van der Waals surface area contributed by atoms with Gasteiger partial charge in [-0.05, 0) is 6.42 Å². The van der Waals surface area contributed by atoms with Crippen LogP contribution in [-0.2, 0) is 11.8 Å². The second-order valence-electron chi connectivity index (χ2n) is 3.80. The Morgan fingerprint density at radius 3 is 3.33 bits per heavy atom. The Labute approximate surface area is 88.1 Å².